The zero-order valence-corrected chi connectivity index (χ0v) is 10.7. The quantitative estimate of drug-likeness (QED) is 0.871. The summed E-state index contributed by atoms with van der Waals surface area (Å²) in [5.74, 6) is 1.40. The number of aromatic nitrogens is 2. The average Bonchev–Trinajstić information content (AvgIpc) is 2.35. The molecule has 1 saturated carbocycles. The Labute approximate surface area is 103 Å². The SMILES string of the molecule is CCNc1ncc(C)c(OC2CCCCC2)n1. The van der Waals surface area contributed by atoms with Crippen LogP contribution >= 0.6 is 0 Å². The van der Waals surface area contributed by atoms with Gasteiger partial charge in [0.2, 0.25) is 11.8 Å². The van der Waals surface area contributed by atoms with E-state index in [1.165, 1.54) is 19.3 Å². The Hall–Kier alpha value is -1.32. The van der Waals surface area contributed by atoms with Crippen LogP contribution < -0.4 is 10.1 Å². The minimum absolute atomic E-state index is 0.340. The van der Waals surface area contributed by atoms with E-state index in [0.717, 1.165) is 30.8 Å². The van der Waals surface area contributed by atoms with Crippen molar-refractivity contribution in [2.24, 2.45) is 0 Å². The van der Waals surface area contributed by atoms with Crippen molar-refractivity contribution in [1.29, 1.82) is 0 Å². The summed E-state index contributed by atoms with van der Waals surface area (Å²) in [5, 5.41) is 3.11. The highest BCUT2D eigenvalue weighted by molar-refractivity contribution is 5.32. The molecular formula is C13H21N3O. The first-order valence-electron chi connectivity index (χ1n) is 6.53. The molecule has 0 atom stereocenters. The maximum atomic E-state index is 5.98. The van der Waals surface area contributed by atoms with Gasteiger partial charge in [-0.25, -0.2) is 4.98 Å². The number of nitrogens with one attached hydrogen (secondary N) is 1. The molecule has 1 aromatic rings. The summed E-state index contributed by atoms with van der Waals surface area (Å²) in [4.78, 5) is 8.63. The van der Waals surface area contributed by atoms with Crippen LogP contribution in [-0.2, 0) is 0 Å². The van der Waals surface area contributed by atoms with E-state index in [1.807, 2.05) is 20.0 Å². The fourth-order valence-corrected chi connectivity index (χ4v) is 2.13. The van der Waals surface area contributed by atoms with Crippen LogP contribution in [0.15, 0.2) is 6.20 Å². The molecule has 0 radical (unpaired) electrons. The summed E-state index contributed by atoms with van der Waals surface area (Å²) in [5.41, 5.74) is 1.01. The summed E-state index contributed by atoms with van der Waals surface area (Å²) >= 11 is 0. The van der Waals surface area contributed by atoms with Gasteiger partial charge in [0.05, 0.1) is 0 Å². The minimum Gasteiger partial charge on any atom is -0.474 e. The third kappa shape index (κ3) is 3.32. The van der Waals surface area contributed by atoms with E-state index in [2.05, 4.69) is 15.3 Å². The lowest BCUT2D eigenvalue weighted by molar-refractivity contribution is 0.147. The number of hydrogen-bond donors (Lipinski definition) is 1. The molecule has 0 saturated heterocycles. The summed E-state index contributed by atoms with van der Waals surface area (Å²) in [6.07, 6.45) is 8.35. The van der Waals surface area contributed by atoms with Crippen molar-refractivity contribution in [3.63, 3.8) is 0 Å². The maximum Gasteiger partial charge on any atom is 0.225 e. The molecule has 4 heteroatoms. The van der Waals surface area contributed by atoms with Gasteiger partial charge in [-0.3, -0.25) is 0 Å². The highest BCUT2D eigenvalue weighted by Gasteiger charge is 2.16. The van der Waals surface area contributed by atoms with Crippen molar-refractivity contribution in [2.45, 2.75) is 52.1 Å². The van der Waals surface area contributed by atoms with Crippen molar-refractivity contribution in [3.05, 3.63) is 11.8 Å². The molecule has 1 aliphatic carbocycles. The molecule has 0 amide bonds. The molecule has 0 unspecified atom stereocenters. The Morgan fingerprint density at radius 3 is 2.82 bits per heavy atom. The number of rotatable bonds is 4. The van der Waals surface area contributed by atoms with Crippen molar-refractivity contribution in [1.82, 2.24) is 9.97 Å². The normalized spacial score (nSPS) is 16.8. The van der Waals surface area contributed by atoms with Crippen molar-refractivity contribution >= 4 is 5.95 Å². The molecule has 1 fully saturated rings. The van der Waals surface area contributed by atoms with Crippen LogP contribution in [0.2, 0.25) is 0 Å². The molecule has 1 aromatic heterocycles. The van der Waals surface area contributed by atoms with E-state index >= 15 is 0 Å². The van der Waals surface area contributed by atoms with E-state index in [-0.39, 0.29) is 0 Å². The highest BCUT2D eigenvalue weighted by Crippen LogP contribution is 2.24. The molecule has 0 aliphatic heterocycles. The number of ether oxygens (including phenoxy) is 1. The summed E-state index contributed by atoms with van der Waals surface area (Å²) in [6, 6.07) is 0. The molecule has 0 spiro atoms. The monoisotopic (exact) mass is 235 g/mol. The zero-order valence-electron chi connectivity index (χ0n) is 10.7. The van der Waals surface area contributed by atoms with Crippen LogP contribution in [0.5, 0.6) is 5.88 Å². The van der Waals surface area contributed by atoms with Gasteiger partial charge in [0, 0.05) is 18.3 Å². The van der Waals surface area contributed by atoms with Crippen molar-refractivity contribution in [2.75, 3.05) is 11.9 Å². The number of nitrogens with zero attached hydrogens (tertiary/aromatic N) is 2. The topological polar surface area (TPSA) is 47.0 Å². The molecule has 1 aliphatic rings. The first-order chi connectivity index (χ1) is 8.29. The average molecular weight is 235 g/mol. The Morgan fingerprint density at radius 2 is 2.12 bits per heavy atom. The summed E-state index contributed by atoms with van der Waals surface area (Å²) < 4.78 is 5.98. The minimum atomic E-state index is 0.340. The van der Waals surface area contributed by atoms with Crippen LogP contribution in [-0.4, -0.2) is 22.6 Å². The van der Waals surface area contributed by atoms with Crippen LogP contribution in [0.3, 0.4) is 0 Å². The van der Waals surface area contributed by atoms with Crippen molar-refractivity contribution in [3.8, 4) is 5.88 Å². The summed E-state index contributed by atoms with van der Waals surface area (Å²) in [6.45, 7) is 4.85. The fourth-order valence-electron chi connectivity index (χ4n) is 2.13. The Bertz CT molecular complexity index is 362. The first-order valence-corrected chi connectivity index (χ1v) is 6.53. The molecule has 0 aromatic carbocycles. The third-order valence-corrected chi connectivity index (χ3v) is 3.09. The fraction of sp³-hybridized carbons (Fsp3) is 0.692. The third-order valence-electron chi connectivity index (χ3n) is 3.09. The molecule has 94 valence electrons. The van der Waals surface area contributed by atoms with Gasteiger partial charge in [-0.15, -0.1) is 0 Å². The van der Waals surface area contributed by atoms with Crippen LogP contribution in [0.4, 0.5) is 5.95 Å². The zero-order chi connectivity index (χ0) is 12.1. The van der Waals surface area contributed by atoms with Gasteiger partial charge in [0.15, 0.2) is 0 Å². The Kier molecular flexibility index (Phi) is 4.18. The van der Waals surface area contributed by atoms with Crippen LogP contribution in [0, 0.1) is 6.92 Å². The van der Waals surface area contributed by atoms with Gasteiger partial charge in [0.25, 0.3) is 0 Å². The Balaban J connectivity index is 2.04. The van der Waals surface area contributed by atoms with Crippen LogP contribution in [0.1, 0.15) is 44.6 Å². The molecule has 17 heavy (non-hydrogen) atoms. The van der Waals surface area contributed by atoms with E-state index in [4.69, 9.17) is 4.74 Å². The molecular weight excluding hydrogens is 214 g/mol. The number of aryl methyl sites for hydroxylation is 1. The van der Waals surface area contributed by atoms with Gasteiger partial charge in [-0.05, 0) is 39.5 Å². The smallest absolute Gasteiger partial charge is 0.225 e. The Morgan fingerprint density at radius 1 is 1.35 bits per heavy atom. The lowest BCUT2D eigenvalue weighted by Crippen LogP contribution is -2.21. The van der Waals surface area contributed by atoms with Gasteiger partial charge in [-0.1, -0.05) is 6.42 Å². The molecule has 1 heterocycles. The second kappa shape index (κ2) is 5.84. The summed E-state index contributed by atoms with van der Waals surface area (Å²) in [7, 11) is 0. The van der Waals surface area contributed by atoms with E-state index < -0.39 is 0 Å². The number of anilines is 1. The first kappa shape index (κ1) is 12.1. The lowest BCUT2D eigenvalue weighted by Gasteiger charge is -2.23. The predicted octanol–water partition coefficient (Wildman–Crippen LogP) is 2.93. The predicted molar refractivity (Wildman–Crippen MR) is 68.4 cm³/mol. The number of hydrogen-bond acceptors (Lipinski definition) is 4. The molecule has 1 N–H and O–H groups in total. The van der Waals surface area contributed by atoms with Gasteiger partial charge < -0.3 is 10.1 Å². The van der Waals surface area contributed by atoms with Gasteiger partial charge in [-0.2, -0.15) is 4.98 Å². The second-order valence-corrected chi connectivity index (χ2v) is 4.59. The van der Waals surface area contributed by atoms with E-state index in [0.29, 0.717) is 12.1 Å². The van der Waals surface area contributed by atoms with E-state index in [9.17, 15) is 0 Å². The van der Waals surface area contributed by atoms with E-state index in [1.54, 1.807) is 0 Å². The molecule has 2 rings (SSSR count). The maximum absolute atomic E-state index is 5.98. The standard InChI is InChI=1S/C13H21N3O/c1-3-14-13-15-9-10(2)12(16-13)17-11-7-5-4-6-8-11/h9,11H,3-8H2,1-2H3,(H,14,15,16). The highest BCUT2D eigenvalue weighted by atomic mass is 16.5. The second-order valence-electron chi connectivity index (χ2n) is 4.59. The lowest BCUT2D eigenvalue weighted by atomic mass is 9.98. The largest absolute Gasteiger partial charge is 0.474 e. The molecule has 0 bridgehead atoms. The van der Waals surface area contributed by atoms with Gasteiger partial charge in [0.1, 0.15) is 6.10 Å². The van der Waals surface area contributed by atoms with Crippen molar-refractivity contribution < 1.29 is 4.74 Å². The molecule has 4 nitrogen and oxygen atoms in total. The van der Waals surface area contributed by atoms with Gasteiger partial charge >= 0.3 is 0 Å². The van der Waals surface area contributed by atoms with Crippen LogP contribution in [0.25, 0.3) is 0 Å².